The molecule has 1 amide bonds. The number of nitrogens with one attached hydrogen (secondary N) is 1. The van der Waals surface area contributed by atoms with Crippen LogP contribution < -0.4 is 10.1 Å². The Bertz CT molecular complexity index is 1230. The van der Waals surface area contributed by atoms with Crippen LogP contribution in [0.15, 0.2) is 83.8 Å². The largest absolute Gasteiger partial charge is 0.435 e. The van der Waals surface area contributed by atoms with Crippen molar-refractivity contribution in [3.8, 4) is 5.75 Å². The van der Waals surface area contributed by atoms with Gasteiger partial charge in [-0.25, -0.2) is 8.42 Å². The Kier molecular flexibility index (Phi) is 7.77. The number of nitrogens with zero attached hydrogens (tertiary/aromatic N) is 1. The van der Waals surface area contributed by atoms with Gasteiger partial charge in [0.1, 0.15) is 5.75 Å². The van der Waals surface area contributed by atoms with Crippen LogP contribution in [0.2, 0.25) is 0 Å². The lowest BCUT2D eigenvalue weighted by molar-refractivity contribution is -0.0498. The van der Waals surface area contributed by atoms with Crippen LogP contribution in [-0.2, 0) is 16.4 Å². The molecule has 1 heterocycles. The molecule has 4 rings (SSSR count). The minimum Gasteiger partial charge on any atom is -0.435 e. The third-order valence-electron chi connectivity index (χ3n) is 6.03. The quantitative estimate of drug-likeness (QED) is 0.462. The van der Waals surface area contributed by atoms with Crippen molar-refractivity contribution < 1.29 is 26.7 Å². The molecule has 1 aliphatic rings. The summed E-state index contributed by atoms with van der Waals surface area (Å²) in [7, 11) is -3.63. The van der Waals surface area contributed by atoms with Gasteiger partial charge in [-0.3, -0.25) is 4.79 Å². The van der Waals surface area contributed by atoms with Crippen molar-refractivity contribution in [2.45, 2.75) is 30.8 Å². The van der Waals surface area contributed by atoms with Crippen molar-refractivity contribution in [3.63, 3.8) is 0 Å². The van der Waals surface area contributed by atoms with E-state index in [2.05, 4.69) is 22.2 Å². The van der Waals surface area contributed by atoms with E-state index in [1.165, 1.54) is 58.4 Å². The summed E-state index contributed by atoms with van der Waals surface area (Å²) in [5.74, 6) is -0.0441. The summed E-state index contributed by atoms with van der Waals surface area (Å²) in [6, 6.07) is 21.5. The van der Waals surface area contributed by atoms with Gasteiger partial charge in [-0.2, -0.15) is 13.1 Å². The van der Waals surface area contributed by atoms with Crippen molar-refractivity contribution >= 4 is 21.6 Å². The molecule has 9 heteroatoms. The molecule has 184 valence electrons. The first kappa shape index (κ1) is 24.8. The van der Waals surface area contributed by atoms with Gasteiger partial charge in [0.2, 0.25) is 10.0 Å². The zero-order valence-electron chi connectivity index (χ0n) is 18.9. The molecule has 3 aromatic carbocycles. The van der Waals surface area contributed by atoms with E-state index in [0.29, 0.717) is 24.7 Å². The molecule has 1 fully saturated rings. The van der Waals surface area contributed by atoms with Gasteiger partial charge in [-0.1, -0.05) is 30.3 Å². The van der Waals surface area contributed by atoms with Crippen molar-refractivity contribution in [2.24, 2.45) is 5.92 Å². The molecule has 0 saturated carbocycles. The topological polar surface area (TPSA) is 75.7 Å². The molecule has 35 heavy (non-hydrogen) atoms. The number of hydrogen-bond donors (Lipinski definition) is 1. The van der Waals surface area contributed by atoms with Gasteiger partial charge in [-0.05, 0) is 79.3 Å². The number of alkyl halides is 2. The van der Waals surface area contributed by atoms with Crippen LogP contribution in [0.1, 0.15) is 28.8 Å². The van der Waals surface area contributed by atoms with E-state index in [4.69, 9.17) is 0 Å². The summed E-state index contributed by atoms with van der Waals surface area (Å²) in [6.07, 6.45) is 2.57. The Balaban J connectivity index is 1.33. The van der Waals surface area contributed by atoms with Crippen LogP contribution in [0.5, 0.6) is 5.75 Å². The number of amides is 1. The van der Waals surface area contributed by atoms with Gasteiger partial charge in [-0.15, -0.1) is 0 Å². The van der Waals surface area contributed by atoms with Crippen molar-refractivity contribution in [1.29, 1.82) is 0 Å². The predicted molar refractivity (Wildman–Crippen MR) is 129 cm³/mol. The zero-order chi connectivity index (χ0) is 24.8. The standard InChI is InChI=1S/C26H26F2N2O4S/c27-26(28)34-23-10-6-21(7-11-23)25(31)29-22-8-12-24(13-9-22)35(32,33)30-16-14-20(15-17-30)18-19-4-2-1-3-5-19/h1-13,20,26H,14-18H2,(H,29,31). The summed E-state index contributed by atoms with van der Waals surface area (Å²) >= 11 is 0. The number of halogens is 2. The maximum atomic E-state index is 13.1. The number of hydrogen-bond acceptors (Lipinski definition) is 4. The van der Waals surface area contributed by atoms with Gasteiger partial charge in [0.05, 0.1) is 4.90 Å². The van der Waals surface area contributed by atoms with E-state index in [1.54, 1.807) is 0 Å². The molecule has 3 aromatic rings. The minimum absolute atomic E-state index is 0.0461. The van der Waals surface area contributed by atoms with Gasteiger partial charge < -0.3 is 10.1 Å². The van der Waals surface area contributed by atoms with Crippen LogP contribution >= 0.6 is 0 Å². The lowest BCUT2D eigenvalue weighted by atomic mass is 9.91. The second-order valence-electron chi connectivity index (χ2n) is 8.42. The monoisotopic (exact) mass is 500 g/mol. The lowest BCUT2D eigenvalue weighted by Gasteiger charge is -2.31. The fourth-order valence-corrected chi connectivity index (χ4v) is 5.62. The molecule has 1 saturated heterocycles. The molecule has 0 bridgehead atoms. The molecule has 6 nitrogen and oxygen atoms in total. The van der Waals surface area contributed by atoms with E-state index in [0.717, 1.165) is 19.3 Å². The Morgan fingerprint density at radius 2 is 1.57 bits per heavy atom. The first-order valence-corrected chi connectivity index (χ1v) is 12.8. The Hall–Kier alpha value is -3.30. The van der Waals surface area contributed by atoms with Crippen LogP contribution in [-0.4, -0.2) is 38.3 Å². The highest BCUT2D eigenvalue weighted by Crippen LogP contribution is 2.27. The molecule has 1 aliphatic heterocycles. The number of piperidine rings is 1. The molecular formula is C26H26F2N2O4S. The molecule has 0 aromatic heterocycles. The van der Waals surface area contributed by atoms with E-state index < -0.39 is 22.5 Å². The van der Waals surface area contributed by atoms with Crippen molar-refractivity contribution in [2.75, 3.05) is 18.4 Å². The van der Waals surface area contributed by atoms with Gasteiger partial charge in [0.25, 0.3) is 5.91 Å². The fourth-order valence-electron chi connectivity index (χ4n) is 4.15. The summed E-state index contributed by atoms with van der Waals surface area (Å²) in [4.78, 5) is 12.6. The minimum atomic E-state index is -3.63. The maximum Gasteiger partial charge on any atom is 0.387 e. The first-order chi connectivity index (χ1) is 16.8. The second-order valence-corrected chi connectivity index (χ2v) is 10.4. The first-order valence-electron chi connectivity index (χ1n) is 11.3. The number of sulfonamides is 1. The highest BCUT2D eigenvalue weighted by atomic mass is 32.2. The van der Waals surface area contributed by atoms with Crippen molar-refractivity contribution in [1.82, 2.24) is 4.31 Å². The predicted octanol–water partition coefficient (Wildman–Crippen LogP) is 5.18. The van der Waals surface area contributed by atoms with Gasteiger partial charge in [0.15, 0.2) is 0 Å². The molecule has 0 aliphatic carbocycles. The number of rotatable bonds is 8. The molecular weight excluding hydrogens is 474 g/mol. The van der Waals surface area contributed by atoms with Gasteiger partial charge >= 0.3 is 6.61 Å². The average Bonchev–Trinajstić information content (AvgIpc) is 2.85. The highest BCUT2D eigenvalue weighted by Gasteiger charge is 2.29. The Labute approximate surface area is 203 Å². The number of ether oxygens (including phenoxy) is 1. The number of carbonyl (C=O) groups is 1. The molecule has 0 radical (unpaired) electrons. The summed E-state index contributed by atoms with van der Waals surface area (Å²) in [6.45, 7) is -1.99. The zero-order valence-corrected chi connectivity index (χ0v) is 19.8. The summed E-state index contributed by atoms with van der Waals surface area (Å²) < 4.78 is 56.5. The van der Waals surface area contributed by atoms with Crippen LogP contribution in [0.25, 0.3) is 0 Å². The molecule has 0 atom stereocenters. The SMILES string of the molecule is O=C(Nc1ccc(S(=O)(=O)N2CCC(Cc3ccccc3)CC2)cc1)c1ccc(OC(F)F)cc1. The second kappa shape index (κ2) is 11.0. The normalized spacial score (nSPS) is 15.2. The molecule has 0 unspecified atom stereocenters. The Morgan fingerprint density at radius 3 is 2.17 bits per heavy atom. The van der Waals surface area contributed by atoms with E-state index >= 15 is 0 Å². The van der Waals surface area contributed by atoms with E-state index in [-0.39, 0.29) is 16.2 Å². The smallest absolute Gasteiger partial charge is 0.387 e. The highest BCUT2D eigenvalue weighted by molar-refractivity contribution is 7.89. The molecule has 1 N–H and O–H groups in total. The van der Waals surface area contributed by atoms with Crippen LogP contribution in [0, 0.1) is 5.92 Å². The van der Waals surface area contributed by atoms with Crippen molar-refractivity contribution in [3.05, 3.63) is 90.0 Å². The van der Waals surface area contributed by atoms with E-state index in [1.807, 2.05) is 18.2 Å². The third-order valence-corrected chi connectivity index (χ3v) is 7.95. The number of benzene rings is 3. The van der Waals surface area contributed by atoms with Crippen LogP contribution in [0.3, 0.4) is 0 Å². The molecule has 0 spiro atoms. The lowest BCUT2D eigenvalue weighted by Crippen LogP contribution is -2.38. The van der Waals surface area contributed by atoms with E-state index in [9.17, 15) is 22.0 Å². The van der Waals surface area contributed by atoms with Crippen LogP contribution in [0.4, 0.5) is 14.5 Å². The average molecular weight is 501 g/mol. The van der Waals surface area contributed by atoms with Gasteiger partial charge in [0, 0.05) is 24.3 Å². The fraction of sp³-hybridized carbons (Fsp3) is 0.269. The summed E-state index contributed by atoms with van der Waals surface area (Å²) in [5, 5.41) is 2.67. The summed E-state index contributed by atoms with van der Waals surface area (Å²) in [5.41, 5.74) is 1.94. The number of carbonyl (C=O) groups excluding carboxylic acids is 1. The third kappa shape index (κ3) is 6.43. The maximum absolute atomic E-state index is 13.1. The Morgan fingerprint density at radius 1 is 0.943 bits per heavy atom. The number of anilines is 1.